The summed E-state index contributed by atoms with van der Waals surface area (Å²) in [5.41, 5.74) is 0. The lowest BCUT2D eigenvalue weighted by molar-refractivity contribution is 0.150. The maximum absolute atomic E-state index is 9.46. The van der Waals surface area contributed by atoms with E-state index in [0.29, 0.717) is 5.88 Å². The van der Waals surface area contributed by atoms with Crippen LogP contribution in [0.3, 0.4) is 0 Å². The van der Waals surface area contributed by atoms with Gasteiger partial charge in [-0.05, 0) is 18.1 Å². The van der Waals surface area contributed by atoms with Gasteiger partial charge < -0.3 is 5.11 Å². The minimum Gasteiger partial charge on any atom is -0.392 e. The fourth-order valence-electron chi connectivity index (χ4n) is 1.01. The molecule has 2 atom stereocenters. The number of thioether (sulfide) groups is 1. The number of alkyl halides is 1. The Hall–Kier alpha value is -0.180. The van der Waals surface area contributed by atoms with Crippen LogP contribution in [0, 0.1) is 5.92 Å². The van der Waals surface area contributed by atoms with E-state index in [0.717, 1.165) is 5.75 Å². The summed E-state index contributed by atoms with van der Waals surface area (Å²) >= 11 is 7.32. The molecule has 1 unspecified atom stereocenters. The lowest BCUT2D eigenvalue weighted by Crippen LogP contribution is -2.21. The maximum Gasteiger partial charge on any atom is 0.0708 e. The molecule has 0 bridgehead atoms. The van der Waals surface area contributed by atoms with Crippen LogP contribution in [0.1, 0.15) is 6.92 Å². The summed E-state index contributed by atoms with van der Waals surface area (Å²) in [6.07, 6.45) is -0.395. The van der Waals surface area contributed by atoms with E-state index in [9.17, 15) is 5.11 Å². The second kappa shape index (κ2) is 6.33. The second-order valence-electron chi connectivity index (χ2n) is 3.32. The highest BCUT2D eigenvalue weighted by atomic mass is 35.5. The molecule has 1 rings (SSSR count). The van der Waals surface area contributed by atoms with Crippen molar-refractivity contribution in [3.63, 3.8) is 0 Å². The average Bonchev–Trinajstić information content (AvgIpc) is 2.26. The highest BCUT2D eigenvalue weighted by Gasteiger charge is 2.12. The van der Waals surface area contributed by atoms with Crippen LogP contribution in [0.2, 0.25) is 0 Å². The first kappa shape index (κ1) is 11.9. The summed E-state index contributed by atoms with van der Waals surface area (Å²) in [6, 6.07) is 10.2. The molecule has 0 aliphatic rings. The molecule has 3 heteroatoms. The number of aliphatic hydroxyl groups is 1. The molecule has 1 N–H and O–H groups in total. The van der Waals surface area contributed by atoms with Gasteiger partial charge in [0.2, 0.25) is 0 Å². The minimum absolute atomic E-state index is 0.234. The Morgan fingerprint density at radius 3 is 2.57 bits per heavy atom. The van der Waals surface area contributed by atoms with Crippen LogP contribution in [0.5, 0.6) is 0 Å². The van der Waals surface area contributed by atoms with Crippen LogP contribution in [0.15, 0.2) is 35.2 Å². The molecule has 0 fully saturated rings. The van der Waals surface area contributed by atoms with E-state index in [1.807, 2.05) is 25.1 Å². The van der Waals surface area contributed by atoms with Crippen molar-refractivity contribution in [1.29, 1.82) is 0 Å². The van der Waals surface area contributed by atoms with Crippen LogP contribution in [-0.2, 0) is 0 Å². The van der Waals surface area contributed by atoms with Gasteiger partial charge in [0.05, 0.1) is 6.10 Å². The molecule has 0 aromatic heterocycles. The molecule has 1 nitrogen and oxygen atoms in total. The lowest BCUT2D eigenvalue weighted by Gasteiger charge is -2.15. The number of rotatable bonds is 5. The zero-order chi connectivity index (χ0) is 10.4. The number of halogens is 1. The van der Waals surface area contributed by atoms with Gasteiger partial charge in [0.1, 0.15) is 0 Å². The summed E-state index contributed by atoms with van der Waals surface area (Å²) < 4.78 is 0. The Labute approximate surface area is 94.5 Å². The Bertz CT molecular complexity index is 253. The largest absolute Gasteiger partial charge is 0.392 e. The molecule has 0 spiro atoms. The molecule has 0 heterocycles. The SMILES string of the molecule is CC(CSc1ccccc1)[C@H](O)CCl. The number of hydrogen-bond acceptors (Lipinski definition) is 2. The molecule has 0 radical (unpaired) electrons. The van der Waals surface area contributed by atoms with E-state index in [4.69, 9.17) is 11.6 Å². The van der Waals surface area contributed by atoms with Gasteiger partial charge in [0, 0.05) is 16.5 Å². The number of hydrogen-bond donors (Lipinski definition) is 1. The quantitative estimate of drug-likeness (QED) is 0.620. The van der Waals surface area contributed by atoms with Crippen molar-refractivity contribution in [2.24, 2.45) is 5.92 Å². The average molecular weight is 231 g/mol. The highest BCUT2D eigenvalue weighted by molar-refractivity contribution is 7.99. The normalized spacial score (nSPS) is 15.1. The van der Waals surface area contributed by atoms with Crippen molar-refractivity contribution in [3.05, 3.63) is 30.3 Å². The molecule has 78 valence electrons. The fourth-order valence-corrected chi connectivity index (χ4v) is 2.34. The van der Waals surface area contributed by atoms with Gasteiger partial charge in [-0.1, -0.05) is 25.1 Å². The van der Waals surface area contributed by atoms with E-state index < -0.39 is 6.10 Å². The summed E-state index contributed by atoms with van der Waals surface area (Å²) in [7, 11) is 0. The molecule has 14 heavy (non-hydrogen) atoms. The molecule has 0 amide bonds. The molecular formula is C11H15ClOS. The predicted octanol–water partition coefficient (Wildman–Crippen LogP) is 3.01. The standard InChI is InChI=1S/C11H15ClOS/c1-9(11(13)7-12)8-14-10-5-3-2-4-6-10/h2-6,9,11,13H,7-8H2,1H3/t9?,11-/m1/s1. The molecule has 1 aromatic carbocycles. The van der Waals surface area contributed by atoms with Crippen molar-refractivity contribution in [3.8, 4) is 0 Å². The summed E-state index contributed by atoms with van der Waals surface area (Å²) in [5.74, 6) is 1.45. The summed E-state index contributed by atoms with van der Waals surface area (Å²) in [6.45, 7) is 2.02. The fraction of sp³-hybridized carbons (Fsp3) is 0.455. The van der Waals surface area contributed by atoms with Crippen molar-refractivity contribution in [1.82, 2.24) is 0 Å². The Balaban J connectivity index is 2.34. The third-order valence-corrected chi connectivity index (χ3v) is 3.69. The van der Waals surface area contributed by atoms with E-state index in [1.54, 1.807) is 11.8 Å². The van der Waals surface area contributed by atoms with Crippen LogP contribution in [0.4, 0.5) is 0 Å². The number of aliphatic hydroxyl groups excluding tert-OH is 1. The zero-order valence-electron chi connectivity index (χ0n) is 8.19. The third-order valence-electron chi connectivity index (χ3n) is 2.07. The van der Waals surface area contributed by atoms with Crippen LogP contribution >= 0.6 is 23.4 Å². The lowest BCUT2D eigenvalue weighted by atomic mass is 10.1. The smallest absolute Gasteiger partial charge is 0.0708 e. The molecule has 1 aromatic rings. The first-order chi connectivity index (χ1) is 6.74. The van der Waals surface area contributed by atoms with Crippen molar-refractivity contribution in [2.45, 2.75) is 17.9 Å². The predicted molar refractivity (Wildman–Crippen MR) is 63.1 cm³/mol. The van der Waals surface area contributed by atoms with Crippen molar-refractivity contribution in [2.75, 3.05) is 11.6 Å². The Kier molecular flexibility index (Phi) is 5.38. The topological polar surface area (TPSA) is 20.2 Å². The Morgan fingerprint density at radius 2 is 2.00 bits per heavy atom. The van der Waals surface area contributed by atoms with Crippen molar-refractivity contribution < 1.29 is 5.11 Å². The third kappa shape index (κ3) is 3.91. The van der Waals surface area contributed by atoms with Crippen LogP contribution in [0.25, 0.3) is 0 Å². The van der Waals surface area contributed by atoms with Gasteiger partial charge in [0.25, 0.3) is 0 Å². The molecule has 0 aliphatic carbocycles. The van der Waals surface area contributed by atoms with Gasteiger partial charge in [-0.15, -0.1) is 23.4 Å². The van der Waals surface area contributed by atoms with Gasteiger partial charge >= 0.3 is 0 Å². The summed E-state index contributed by atoms with van der Waals surface area (Å²) in [4.78, 5) is 1.24. The Morgan fingerprint density at radius 1 is 1.36 bits per heavy atom. The monoisotopic (exact) mass is 230 g/mol. The number of benzene rings is 1. The first-order valence-electron chi connectivity index (χ1n) is 4.66. The molecule has 0 saturated carbocycles. The van der Waals surface area contributed by atoms with E-state index in [1.165, 1.54) is 4.90 Å². The van der Waals surface area contributed by atoms with E-state index in [-0.39, 0.29) is 5.92 Å². The van der Waals surface area contributed by atoms with Crippen LogP contribution < -0.4 is 0 Å². The van der Waals surface area contributed by atoms with E-state index in [2.05, 4.69) is 12.1 Å². The highest BCUT2D eigenvalue weighted by Crippen LogP contribution is 2.21. The van der Waals surface area contributed by atoms with Crippen molar-refractivity contribution >= 4 is 23.4 Å². The van der Waals surface area contributed by atoms with Gasteiger partial charge in [-0.2, -0.15) is 0 Å². The minimum atomic E-state index is -0.395. The summed E-state index contributed by atoms with van der Waals surface area (Å²) in [5, 5.41) is 9.46. The second-order valence-corrected chi connectivity index (χ2v) is 4.73. The molecule has 0 aliphatic heterocycles. The van der Waals surface area contributed by atoms with Gasteiger partial charge in [0.15, 0.2) is 0 Å². The zero-order valence-corrected chi connectivity index (χ0v) is 9.76. The van der Waals surface area contributed by atoms with Gasteiger partial charge in [-0.25, -0.2) is 0 Å². The molecule has 0 saturated heterocycles. The van der Waals surface area contributed by atoms with E-state index >= 15 is 0 Å². The molecular weight excluding hydrogens is 216 g/mol. The van der Waals surface area contributed by atoms with Gasteiger partial charge in [-0.3, -0.25) is 0 Å². The maximum atomic E-state index is 9.46. The van der Waals surface area contributed by atoms with Crippen LogP contribution in [-0.4, -0.2) is 22.8 Å². The first-order valence-corrected chi connectivity index (χ1v) is 6.18.